The first-order chi connectivity index (χ1) is 16.6. The molecule has 8 nitrogen and oxygen atoms in total. The predicted molar refractivity (Wildman–Crippen MR) is 114 cm³/mol. The minimum absolute atomic E-state index is 0.00897. The highest BCUT2D eigenvalue weighted by molar-refractivity contribution is 6.09. The third-order valence-corrected chi connectivity index (χ3v) is 5.11. The zero-order valence-electron chi connectivity index (χ0n) is 18.0. The monoisotopic (exact) mass is 491 g/mol. The van der Waals surface area contributed by atoms with Crippen LogP contribution in [0.1, 0.15) is 32.0 Å². The average Bonchev–Trinajstić information content (AvgIpc) is 3.31. The Bertz CT molecular complexity index is 1330. The van der Waals surface area contributed by atoms with Crippen molar-refractivity contribution in [2.24, 2.45) is 5.73 Å². The maximum Gasteiger partial charge on any atom is 0.419 e. The number of hydrogen-bond donors (Lipinski definition) is 2. The summed E-state index contributed by atoms with van der Waals surface area (Å²) in [5.74, 6) is -3.42. The second kappa shape index (κ2) is 9.12. The molecule has 1 aromatic heterocycles. The molecule has 0 fully saturated rings. The number of nitrogens with zero attached hydrogens (tertiary/aromatic N) is 1. The average molecular weight is 491 g/mol. The van der Waals surface area contributed by atoms with E-state index >= 15 is 0 Å². The number of carbonyl (C=O) groups excluding carboxylic acids is 2. The molecule has 0 saturated heterocycles. The van der Waals surface area contributed by atoms with Gasteiger partial charge in [0.2, 0.25) is 0 Å². The van der Waals surface area contributed by atoms with E-state index in [-0.39, 0.29) is 47.2 Å². The Morgan fingerprint density at radius 2 is 1.89 bits per heavy atom. The number of ether oxygens (including phenoxy) is 3. The minimum Gasteiger partial charge on any atom is -0.495 e. The molecule has 1 aliphatic rings. The number of nitrogens with one attached hydrogen (secondary N) is 1. The number of methoxy groups -OCH3 is 1. The van der Waals surface area contributed by atoms with Crippen molar-refractivity contribution in [3.8, 4) is 23.0 Å². The largest absolute Gasteiger partial charge is 0.495 e. The SMILES string of the molecule is COc1c(C(F)(F)F)ccc(Oc2ccc(F)c3c2OCC3)c1C(=O)Nc1ccnc(C(N)=O)c1. The van der Waals surface area contributed by atoms with Gasteiger partial charge in [-0.15, -0.1) is 0 Å². The molecule has 12 heteroatoms. The number of carbonyl (C=O) groups is 2. The number of primary amides is 1. The number of halogens is 4. The fourth-order valence-electron chi connectivity index (χ4n) is 3.56. The number of hydrogen-bond acceptors (Lipinski definition) is 6. The van der Waals surface area contributed by atoms with Gasteiger partial charge in [0.15, 0.2) is 11.5 Å². The molecule has 3 aromatic rings. The number of rotatable bonds is 6. The quantitative estimate of drug-likeness (QED) is 0.497. The first-order valence-corrected chi connectivity index (χ1v) is 10.1. The number of benzene rings is 2. The lowest BCUT2D eigenvalue weighted by atomic mass is 10.1. The summed E-state index contributed by atoms with van der Waals surface area (Å²) in [5.41, 5.74) is 3.50. The Balaban J connectivity index is 1.81. The molecule has 0 aliphatic carbocycles. The van der Waals surface area contributed by atoms with E-state index in [4.69, 9.17) is 19.9 Å². The maximum atomic E-state index is 14.1. The molecule has 0 saturated carbocycles. The van der Waals surface area contributed by atoms with Crippen molar-refractivity contribution in [3.05, 3.63) is 70.8 Å². The second-order valence-electron chi connectivity index (χ2n) is 7.32. The van der Waals surface area contributed by atoms with Gasteiger partial charge in [-0.2, -0.15) is 13.2 Å². The number of anilines is 1. The van der Waals surface area contributed by atoms with Crippen molar-refractivity contribution in [2.45, 2.75) is 12.6 Å². The van der Waals surface area contributed by atoms with Gasteiger partial charge in [-0.1, -0.05) is 0 Å². The fraction of sp³-hybridized carbons (Fsp3) is 0.174. The Morgan fingerprint density at radius 3 is 2.57 bits per heavy atom. The highest BCUT2D eigenvalue weighted by Crippen LogP contribution is 2.45. The van der Waals surface area contributed by atoms with Crippen LogP contribution >= 0.6 is 0 Å². The van der Waals surface area contributed by atoms with Gasteiger partial charge in [0, 0.05) is 23.9 Å². The van der Waals surface area contributed by atoms with Crippen LogP contribution in [0.3, 0.4) is 0 Å². The van der Waals surface area contributed by atoms with Crippen LogP contribution in [-0.2, 0) is 12.6 Å². The van der Waals surface area contributed by atoms with Crippen LogP contribution < -0.4 is 25.3 Å². The molecule has 0 bridgehead atoms. The van der Waals surface area contributed by atoms with Crippen LogP contribution in [0, 0.1) is 5.82 Å². The fourth-order valence-corrected chi connectivity index (χ4v) is 3.56. The number of amides is 2. The van der Waals surface area contributed by atoms with Crippen molar-refractivity contribution in [3.63, 3.8) is 0 Å². The lowest BCUT2D eigenvalue weighted by Gasteiger charge is -2.19. The summed E-state index contributed by atoms with van der Waals surface area (Å²) in [6, 6.07) is 6.49. The summed E-state index contributed by atoms with van der Waals surface area (Å²) in [5, 5.41) is 2.39. The summed E-state index contributed by atoms with van der Waals surface area (Å²) >= 11 is 0. The summed E-state index contributed by atoms with van der Waals surface area (Å²) in [6.45, 7) is 0.195. The molecule has 4 rings (SSSR count). The van der Waals surface area contributed by atoms with E-state index in [9.17, 15) is 27.2 Å². The zero-order chi connectivity index (χ0) is 25.3. The molecule has 0 unspecified atom stereocenters. The Morgan fingerprint density at radius 1 is 1.14 bits per heavy atom. The van der Waals surface area contributed by atoms with Crippen molar-refractivity contribution in [2.75, 3.05) is 19.0 Å². The Kier molecular flexibility index (Phi) is 6.20. The standard InChI is InChI=1S/C23H17F4N3O5/c1-33-20-13(23(25,26)27)2-4-16(35-17-5-3-14(24)12-7-9-34-19(12)17)18(20)22(32)30-11-6-8-29-15(10-11)21(28)31/h2-6,8,10H,7,9H2,1H3,(H2,28,31)(H,29,30,32). The molecule has 2 amide bonds. The molecule has 2 aromatic carbocycles. The molecule has 0 atom stereocenters. The predicted octanol–water partition coefficient (Wildman–Crippen LogP) is 4.33. The topological polar surface area (TPSA) is 113 Å². The Labute approximate surface area is 195 Å². The van der Waals surface area contributed by atoms with Crippen molar-refractivity contribution in [1.29, 1.82) is 0 Å². The lowest BCUT2D eigenvalue weighted by Crippen LogP contribution is -2.19. The van der Waals surface area contributed by atoms with Crippen LogP contribution in [0.25, 0.3) is 0 Å². The minimum atomic E-state index is -4.85. The molecule has 3 N–H and O–H groups in total. The van der Waals surface area contributed by atoms with Gasteiger partial charge in [-0.25, -0.2) is 4.39 Å². The summed E-state index contributed by atoms with van der Waals surface area (Å²) < 4.78 is 71.2. The normalized spacial score (nSPS) is 12.5. The maximum absolute atomic E-state index is 14.1. The second-order valence-corrected chi connectivity index (χ2v) is 7.32. The van der Waals surface area contributed by atoms with Gasteiger partial charge in [-0.3, -0.25) is 14.6 Å². The first kappa shape index (κ1) is 23.8. The van der Waals surface area contributed by atoms with Crippen LogP contribution in [0.15, 0.2) is 42.6 Å². The molecular formula is C23H17F4N3O5. The number of aromatic nitrogens is 1. The smallest absolute Gasteiger partial charge is 0.419 e. The van der Waals surface area contributed by atoms with E-state index in [0.717, 1.165) is 25.3 Å². The molecule has 0 radical (unpaired) electrons. The number of nitrogens with two attached hydrogens (primary N) is 1. The first-order valence-electron chi connectivity index (χ1n) is 10.1. The number of alkyl halides is 3. The van der Waals surface area contributed by atoms with Crippen LogP contribution in [0.2, 0.25) is 0 Å². The van der Waals surface area contributed by atoms with Crippen LogP contribution in [0.5, 0.6) is 23.0 Å². The van der Waals surface area contributed by atoms with Gasteiger partial charge in [-0.05, 0) is 36.4 Å². The van der Waals surface area contributed by atoms with E-state index in [1.807, 2.05) is 0 Å². The summed E-state index contributed by atoms with van der Waals surface area (Å²) in [4.78, 5) is 28.3. The molecule has 0 spiro atoms. The number of fused-ring (bicyclic) bond motifs is 1. The van der Waals surface area contributed by atoms with Gasteiger partial charge >= 0.3 is 6.18 Å². The van der Waals surface area contributed by atoms with Gasteiger partial charge < -0.3 is 25.3 Å². The molecule has 2 heterocycles. The van der Waals surface area contributed by atoms with Crippen molar-refractivity contribution < 1.29 is 41.4 Å². The van der Waals surface area contributed by atoms with E-state index in [1.165, 1.54) is 18.3 Å². The van der Waals surface area contributed by atoms with Gasteiger partial charge in [0.05, 0.1) is 19.3 Å². The highest BCUT2D eigenvalue weighted by atomic mass is 19.4. The molecule has 35 heavy (non-hydrogen) atoms. The molecule has 182 valence electrons. The van der Waals surface area contributed by atoms with E-state index in [0.29, 0.717) is 6.07 Å². The number of pyridine rings is 1. The highest BCUT2D eigenvalue weighted by Gasteiger charge is 2.38. The van der Waals surface area contributed by atoms with Crippen molar-refractivity contribution in [1.82, 2.24) is 4.98 Å². The summed E-state index contributed by atoms with van der Waals surface area (Å²) in [6.07, 6.45) is -3.38. The van der Waals surface area contributed by atoms with Crippen molar-refractivity contribution >= 4 is 17.5 Å². The van der Waals surface area contributed by atoms with E-state index < -0.39 is 40.7 Å². The summed E-state index contributed by atoms with van der Waals surface area (Å²) in [7, 11) is 0.974. The van der Waals surface area contributed by atoms with Crippen LogP contribution in [-0.4, -0.2) is 30.5 Å². The zero-order valence-corrected chi connectivity index (χ0v) is 18.0. The lowest BCUT2D eigenvalue weighted by molar-refractivity contribution is -0.138. The van der Waals surface area contributed by atoms with Crippen LogP contribution in [0.4, 0.5) is 23.2 Å². The van der Waals surface area contributed by atoms with E-state index in [2.05, 4.69) is 10.3 Å². The van der Waals surface area contributed by atoms with Gasteiger partial charge in [0.25, 0.3) is 11.8 Å². The molecule has 1 aliphatic heterocycles. The van der Waals surface area contributed by atoms with E-state index in [1.54, 1.807) is 0 Å². The van der Waals surface area contributed by atoms with Gasteiger partial charge in [0.1, 0.15) is 28.6 Å². The third kappa shape index (κ3) is 4.67. The third-order valence-electron chi connectivity index (χ3n) is 5.11. The Hall–Kier alpha value is -4.35. The molecular weight excluding hydrogens is 474 g/mol.